The van der Waals surface area contributed by atoms with Gasteiger partial charge in [0.15, 0.2) is 0 Å². The molecule has 0 spiro atoms. The maximum Gasteiger partial charge on any atom is 0.144 e. The summed E-state index contributed by atoms with van der Waals surface area (Å²) in [4.78, 5) is 0. The van der Waals surface area contributed by atoms with Gasteiger partial charge in [0.1, 0.15) is 5.84 Å². The molecule has 1 atom stereocenters. The van der Waals surface area contributed by atoms with E-state index >= 15 is 0 Å². The van der Waals surface area contributed by atoms with Crippen LogP contribution in [0.1, 0.15) is 27.2 Å². The molecule has 0 saturated carbocycles. The van der Waals surface area contributed by atoms with Gasteiger partial charge in [0.2, 0.25) is 0 Å². The van der Waals surface area contributed by atoms with Crippen LogP contribution in [-0.4, -0.2) is 37.3 Å². The Morgan fingerprint density at radius 2 is 2.20 bits per heavy atom. The van der Waals surface area contributed by atoms with Crippen molar-refractivity contribution in [1.82, 2.24) is 5.32 Å². The molecule has 4 N–H and O–H groups in total. The second kappa shape index (κ2) is 6.63. The fraction of sp³-hybridized carbons (Fsp3) is 0.900. The third-order valence-electron chi connectivity index (χ3n) is 2.46. The van der Waals surface area contributed by atoms with E-state index in [0.717, 1.165) is 13.0 Å². The number of ether oxygens (including phenoxy) is 1. The third-order valence-corrected chi connectivity index (χ3v) is 2.46. The topological polar surface area (TPSA) is 79.9 Å². The molecule has 0 rings (SSSR count). The Hall–Kier alpha value is -0.810. The summed E-state index contributed by atoms with van der Waals surface area (Å²) in [6.07, 6.45) is 0.816. The van der Waals surface area contributed by atoms with Crippen molar-refractivity contribution in [2.45, 2.75) is 33.2 Å². The number of nitrogens with two attached hydrogens (primary N) is 1. The van der Waals surface area contributed by atoms with Crippen LogP contribution in [0, 0.1) is 5.41 Å². The first-order valence-electron chi connectivity index (χ1n) is 5.14. The number of nitrogens with zero attached hydrogens (tertiary/aromatic N) is 1. The van der Waals surface area contributed by atoms with E-state index in [9.17, 15) is 0 Å². The van der Waals surface area contributed by atoms with Crippen LogP contribution in [0.25, 0.3) is 0 Å². The molecule has 0 aromatic carbocycles. The number of rotatable bonds is 7. The average molecular weight is 217 g/mol. The predicted octanol–water partition coefficient (Wildman–Crippen LogP) is 0.774. The van der Waals surface area contributed by atoms with Gasteiger partial charge in [-0.15, -0.1) is 0 Å². The first-order valence-corrected chi connectivity index (χ1v) is 5.14. The molecule has 1 unspecified atom stereocenters. The van der Waals surface area contributed by atoms with E-state index in [2.05, 4.69) is 17.4 Å². The summed E-state index contributed by atoms with van der Waals surface area (Å²) in [5.74, 6) is 0.267. The lowest BCUT2D eigenvalue weighted by atomic mass is 9.88. The summed E-state index contributed by atoms with van der Waals surface area (Å²) >= 11 is 0. The Balaban J connectivity index is 3.85. The van der Waals surface area contributed by atoms with Gasteiger partial charge in [0.25, 0.3) is 0 Å². The quantitative estimate of drug-likeness (QED) is 0.255. The highest BCUT2D eigenvalue weighted by Crippen LogP contribution is 2.19. The molecule has 0 bridgehead atoms. The van der Waals surface area contributed by atoms with Crippen LogP contribution in [0.4, 0.5) is 0 Å². The first-order chi connectivity index (χ1) is 6.94. The molecule has 0 aromatic heterocycles. The molecular weight excluding hydrogens is 194 g/mol. The molecule has 0 aromatic rings. The number of hydrogen-bond donors (Lipinski definition) is 3. The number of amidine groups is 1. The molecule has 90 valence electrons. The number of oxime groups is 1. The fourth-order valence-electron chi connectivity index (χ4n) is 1.20. The van der Waals surface area contributed by atoms with Gasteiger partial charge in [-0.1, -0.05) is 19.0 Å². The molecule has 15 heavy (non-hydrogen) atoms. The number of methoxy groups -OCH3 is 1. The van der Waals surface area contributed by atoms with E-state index in [1.54, 1.807) is 7.11 Å². The molecule has 5 heteroatoms. The SMILES string of the molecule is COCC(C)NCCC(C)(C)C(N)=NO. The smallest absolute Gasteiger partial charge is 0.144 e. The third kappa shape index (κ3) is 5.59. The van der Waals surface area contributed by atoms with Crippen LogP contribution in [0.2, 0.25) is 0 Å². The minimum Gasteiger partial charge on any atom is -0.409 e. The molecular formula is C10H23N3O2. The maximum atomic E-state index is 8.59. The molecule has 5 nitrogen and oxygen atoms in total. The Labute approximate surface area is 91.7 Å². The van der Waals surface area contributed by atoms with Crippen molar-refractivity contribution in [2.75, 3.05) is 20.3 Å². The minimum absolute atomic E-state index is 0.267. The van der Waals surface area contributed by atoms with Crippen LogP contribution in [0.3, 0.4) is 0 Å². The van der Waals surface area contributed by atoms with Gasteiger partial charge >= 0.3 is 0 Å². The van der Waals surface area contributed by atoms with Crippen LogP contribution < -0.4 is 11.1 Å². The highest BCUT2D eigenvalue weighted by Gasteiger charge is 2.23. The zero-order chi connectivity index (χ0) is 11.9. The zero-order valence-corrected chi connectivity index (χ0v) is 10.1. The minimum atomic E-state index is -0.283. The second-order valence-electron chi connectivity index (χ2n) is 4.43. The first kappa shape index (κ1) is 14.2. The zero-order valence-electron chi connectivity index (χ0n) is 10.1. The summed E-state index contributed by atoms with van der Waals surface area (Å²) in [6.45, 7) is 7.45. The van der Waals surface area contributed by atoms with E-state index < -0.39 is 0 Å². The summed E-state index contributed by atoms with van der Waals surface area (Å²) in [5, 5.41) is 14.9. The molecule has 0 amide bonds. The molecule has 0 saturated heterocycles. The Morgan fingerprint density at radius 3 is 2.67 bits per heavy atom. The van der Waals surface area contributed by atoms with E-state index in [0.29, 0.717) is 12.6 Å². The lowest BCUT2D eigenvalue weighted by Gasteiger charge is -2.24. The van der Waals surface area contributed by atoms with Gasteiger partial charge in [-0.2, -0.15) is 0 Å². The summed E-state index contributed by atoms with van der Waals surface area (Å²) < 4.78 is 5.00. The van der Waals surface area contributed by atoms with Gasteiger partial charge in [-0.05, 0) is 19.9 Å². The number of nitrogens with one attached hydrogen (secondary N) is 1. The fourth-order valence-corrected chi connectivity index (χ4v) is 1.20. The van der Waals surface area contributed by atoms with Gasteiger partial charge in [0, 0.05) is 18.6 Å². The number of hydrogen-bond acceptors (Lipinski definition) is 4. The van der Waals surface area contributed by atoms with Crippen molar-refractivity contribution in [1.29, 1.82) is 0 Å². The molecule has 0 aliphatic carbocycles. The van der Waals surface area contributed by atoms with Crippen molar-refractivity contribution < 1.29 is 9.94 Å². The van der Waals surface area contributed by atoms with Gasteiger partial charge < -0.3 is 21.0 Å². The van der Waals surface area contributed by atoms with Crippen LogP contribution in [-0.2, 0) is 4.74 Å². The van der Waals surface area contributed by atoms with E-state index in [4.69, 9.17) is 15.7 Å². The lowest BCUT2D eigenvalue weighted by molar-refractivity contribution is 0.171. The highest BCUT2D eigenvalue weighted by atomic mass is 16.5. The Morgan fingerprint density at radius 1 is 1.60 bits per heavy atom. The normalized spacial score (nSPS) is 15.3. The summed E-state index contributed by atoms with van der Waals surface area (Å²) in [7, 11) is 1.68. The van der Waals surface area contributed by atoms with E-state index in [1.165, 1.54) is 0 Å². The van der Waals surface area contributed by atoms with Crippen molar-refractivity contribution >= 4 is 5.84 Å². The van der Waals surface area contributed by atoms with Gasteiger partial charge in [0.05, 0.1) is 6.61 Å². The van der Waals surface area contributed by atoms with Crippen molar-refractivity contribution in [3.05, 3.63) is 0 Å². The standard InChI is InChI=1S/C10H23N3O2/c1-8(7-15-4)12-6-5-10(2,3)9(11)13-14/h8,12,14H,5-7H2,1-4H3,(H2,11,13). The Kier molecular flexibility index (Phi) is 6.27. The predicted molar refractivity (Wildman–Crippen MR) is 61.1 cm³/mol. The van der Waals surface area contributed by atoms with E-state index in [-0.39, 0.29) is 11.3 Å². The lowest BCUT2D eigenvalue weighted by Crippen LogP contribution is -2.38. The molecule has 0 aliphatic rings. The van der Waals surface area contributed by atoms with Gasteiger partial charge in [-0.3, -0.25) is 0 Å². The van der Waals surface area contributed by atoms with E-state index in [1.807, 2.05) is 13.8 Å². The average Bonchev–Trinajstić information content (AvgIpc) is 2.16. The molecule has 0 radical (unpaired) electrons. The summed E-state index contributed by atoms with van der Waals surface area (Å²) in [6, 6.07) is 0.318. The van der Waals surface area contributed by atoms with Crippen LogP contribution >= 0.6 is 0 Å². The molecule has 0 heterocycles. The molecule has 0 aliphatic heterocycles. The second-order valence-corrected chi connectivity index (χ2v) is 4.43. The summed E-state index contributed by atoms with van der Waals surface area (Å²) in [5.41, 5.74) is 5.29. The Bertz CT molecular complexity index is 205. The maximum absolute atomic E-state index is 8.59. The highest BCUT2D eigenvalue weighted by molar-refractivity contribution is 5.85. The largest absolute Gasteiger partial charge is 0.409 e. The van der Waals surface area contributed by atoms with Crippen LogP contribution in [0.5, 0.6) is 0 Å². The van der Waals surface area contributed by atoms with Crippen molar-refractivity contribution in [3.63, 3.8) is 0 Å². The molecule has 0 fully saturated rings. The van der Waals surface area contributed by atoms with Gasteiger partial charge in [-0.25, -0.2) is 0 Å². The van der Waals surface area contributed by atoms with Crippen LogP contribution in [0.15, 0.2) is 5.16 Å². The van der Waals surface area contributed by atoms with Crippen molar-refractivity contribution in [2.24, 2.45) is 16.3 Å². The monoisotopic (exact) mass is 217 g/mol. The van der Waals surface area contributed by atoms with Crippen molar-refractivity contribution in [3.8, 4) is 0 Å².